The van der Waals surface area contributed by atoms with Crippen LogP contribution in [0.1, 0.15) is 17.4 Å². The van der Waals surface area contributed by atoms with Gasteiger partial charge in [0.25, 0.3) is 0 Å². The van der Waals surface area contributed by atoms with Crippen molar-refractivity contribution < 1.29 is 9.18 Å². The van der Waals surface area contributed by atoms with Crippen LogP contribution in [-0.4, -0.2) is 26.0 Å². The lowest BCUT2D eigenvalue weighted by Gasteiger charge is -2.32. The first-order chi connectivity index (χ1) is 13.4. The second-order valence-electron chi connectivity index (χ2n) is 6.18. The van der Waals surface area contributed by atoms with Gasteiger partial charge in [-0.15, -0.1) is 10.2 Å². The maximum atomic E-state index is 13.4. The average molecular weight is 483 g/mol. The third kappa shape index (κ3) is 3.74. The SMILES string of the molecule is Cc1nnc2n1NC(c1ccc(F)cc1)C(C(=O)Nc1ccc(Br)cc1Cl)S2. The first kappa shape index (κ1) is 19.2. The van der Waals surface area contributed by atoms with Gasteiger partial charge in [-0.3, -0.25) is 4.79 Å². The van der Waals surface area contributed by atoms with Crippen LogP contribution in [-0.2, 0) is 4.79 Å². The fraction of sp³-hybridized carbons (Fsp3) is 0.167. The van der Waals surface area contributed by atoms with Crippen LogP contribution in [0.5, 0.6) is 0 Å². The van der Waals surface area contributed by atoms with Crippen LogP contribution in [0.3, 0.4) is 0 Å². The zero-order chi connectivity index (χ0) is 19.8. The molecule has 1 aliphatic heterocycles. The normalized spacial score (nSPS) is 18.3. The fourth-order valence-electron chi connectivity index (χ4n) is 2.88. The molecule has 2 heterocycles. The minimum atomic E-state index is -0.568. The van der Waals surface area contributed by atoms with Crippen LogP contribution in [0.25, 0.3) is 0 Å². The molecule has 0 aliphatic carbocycles. The van der Waals surface area contributed by atoms with Crippen molar-refractivity contribution in [3.8, 4) is 0 Å². The van der Waals surface area contributed by atoms with E-state index in [-0.39, 0.29) is 11.7 Å². The van der Waals surface area contributed by atoms with Crippen molar-refractivity contribution in [3.05, 3.63) is 69.2 Å². The fourth-order valence-corrected chi connectivity index (χ4v) is 4.72. The Morgan fingerprint density at radius 2 is 2.04 bits per heavy atom. The number of aromatic nitrogens is 3. The van der Waals surface area contributed by atoms with Crippen LogP contribution in [0.2, 0.25) is 5.02 Å². The molecular formula is C18H14BrClFN5OS. The first-order valence-corrected chi connectivity index (χ1v) is 10.3. The van der Waals surface area contributed by atoms with Gasteiger partial charge in [-0.25, -0.2) is 9.07 Å². The number of aryl methyl sites for hydroxylation is 1. The number of fused-ring (bicyclic) bond motifs is 1. The third-order valence-corrected chi connectivity index (χ3v) is 6.30. The highest BCUT2D eigenvalue weighted by Crippen LogP contribution is 2.38. The molecule has 28 heavy (non-hydrogen) atoms. The van der Waals surface area contributed by atoms with Gasteiger partial charge in [0.1, 0.15) is 16.9 Å². The Morgan fingerprint density at radius 3 is 2.75 bits per heavy atom. The average Bonchev–Trinajstić information content (AvgIpc) is 3.04. The lowest BCUT2D eigenvalue weighted by molar-refractivity contribution is -0.116. The summed E-state index contributed by atoms with van der Waals surface area (Å²) in [5.41, 5.74) is 4.55. The molecule has 4 rings (SSSR count). The number of nitrogens with one attached hydrogen (secondary N) is 2. The van der Waals surface area contributed by atoms with E-state index in [0.717, 1.165) is 10.0 Å². The van der Waals surface area contributed by atoms with Crippen molar-refractivity contribution in [2.75, 3.05) is 10.7 Å². The van der Waals surface area contributed by atoms with E-state index in [0.29, 0.717) is 21.7 Å². The summed E-state index contributed by atoms with van der Waals surface area (Å²) < 4.78 is 15.9. The lowest BCUT2D eigenvalue weighted by Crippen LogP contribution is -2.41. The summed E-state index contributed by atoms with van der Waals surface area (Å²) >= 11 is 10.9. The summed E-state index contributed by atoms with van der Waals surface area (Å²) in [6.07, 6.45) is 0. The summed E-state index contributed by atoms with van der Waals surface area (Å²) in [5, 5.41) is 11.5. The van der Waals surface area contributed by atoms with Crippen LogP contribution in [0.4, 0.5) is 10.1 Å². The molecule has 2 N–H and O–H groups in total. The highest BCUT2D eigenvalue weighted by atomic mass is 79.9. The van der Waals surface area contributed by atoms with Crippen LogP contribution in [0, 0.1) is 12.7 Å². The van der Waals surface area contributed by atoms with Crippen molar-refractivity contribution in [1.29, 1.82) is 0 Å². The number of amides is 1. The smallest absolute Gasteiger partial charge is 0.240 e. The number of thioether (sulfide) groups is 1. The summed E-state index contributed by atoms with van der Waals surface area (Å²) in [7, 11) is 0. The van der Waals surface area contributed by atoms with Crippen LogP contribution >= 0.6 is 39.3 Å². The van der Waals surface area contributed by atoms with E-state index in [1.165, 1.54) is 23.9 Å². The molecule has 144 valence electrons. The maximum absolute atomic E-state index is 13.4. The van der Waals surface area contributed by atoms with Crippen molar-refractivity contribution in [2.24, 2.45) is 0 Å². The molecule has 0 saturated heterocycles. The zero-order valence-corrected chi connectivity index (χ0v) is 17.6. The van der Waals surface area contributed by atoms with Gasteiger partial charge >= 0.3 is 0 Å². The Morgan fingerprint density at radius 1 is 1.29 bits per heavy atom. The molecular weight excluding hydrogens is 469 g/mol. The van der Waals surface area contributed by atoms with E-state index in [4.69, 9.17) is 11.6 Å². The molecule has 0 saturated carbocycles. The van der Waals surface area contributed by atoms with Gasteiger partial charge in [0.05, 0.1) is 16.8 Å². The number of hydrogen-bond donors (Lipinski definition) is 2. The molecule has 2 unspecified atom stereocenters. The molecule has 1 amide bonds. The molecule has 0 radical (unpaired) electrons. The molecule has 2 atom stereocenters. The van der Waals surface area contributed by atoms with Crippen molar-refractivity contribution in [1.82, 2.24) is 14.9 Å². The number of carbonyl (C=O) groups excluding carboxylic acids is 1. The monoisotopic (exact) mass is 481 g/mol. The Bertz CT molecular complexity index is 1040. The van der Waals surface area contributed by atoms with Gasteiger partial charge in [0.15, 0.2) is 0 Å². The van der Waals surface area contributed by atoms with Crippen LogP contribution in [0.15, 0.2) is 52.1 Å². The van der Waals surface area contributed by atoms with Crippen LogP contribution < -0.4 is 10.7 Å². The predicted octanol–water partition coefficient (Wildman–Crippen LogP) is 4.54. The van der Waals surface area contributed by atoms with E-state index in [1.807, 2.05) is 6.92 Å². The number of nitrogens with zero attached hydrogens (tertiary/aromatic N) is 3. The molecule has 1 aromatic heterocycles. The Hall–Kier alpha value is -2.10. The quantitative estimate of drug-likeness (QED) is 0.573. The van der Waals surface area contributed by atoms with Crippen molar-refractivity contribution in [2.45, 2.75) is 23.4 Å². The summed E-state index contributed by atoms with van der Waals surface area (Å²) in [5.74, 6) is 0.0865. The first-order valence-electron chi connectivity index (χ1n) is 8.29. The van der Waals surface area contributed by atoms with Gasteiger partial charge < -0.3 is 10.7 Å². The third-order valence-electron chi connectivity index (χ3n) is 4.28. The second kappa shape index (κ2) is 7.73. The number of halogens is 3. The molecule has 0 bridgehead atoms. The number of rotatable bonds is 3. The molecule has 0 spiro atoms. The van der Waals surface area contributed by atoms with E-state index < -0.39 is 11.3 Å². The highest BCUT2D eigenvalue weighted by Gasteiger charge is 2.37. The van der Waals surface area contributed by atoms with Gasteiger partial charge in [-0.1, -0.05) is 51.4 Å². The zero-order valence-electron chi connectivity index (χ0n) is 14.5. The van der Waals surface area contributed by atoms with Gasteiger partial charge in [-0.05, 0) is 42.8 Å². The number of hydrogen-bond acceptors (Lipinski definition) is 5. The number of anilines is 1. The maximum Gasteiger partial charge on any atom is 0.240 e. The minimum absolute atomic E-state index is 0.247. The number of benzene rings is 2. The number of carbonyl (C=O) groups is 1. The van der Waals surface area contributed by atoms with E-state index >= 15 is 0 Å². The second-order valence-corrected chi connectivity index (χ2v) is 8.61. The van der Waals surface area contributed by atoms with Gasteiger partial charge in [0.2, 0.25) is 11.1 Å². The molecule has 3 aromatic rings. The van der Waals surface area contributed by atoms with Crippen molar-refractivity contribution >= 4 is 50.9 Å². The Kier molecular flexibility index (Phi) is 5.31. The summed E-state index contributed by atoms with van der Waals surface area (Å²) in [6.45, 7) is 1.81. The van der Waals surface area contributed by atoms with E-state index in [2.05, 4.69) is 36.9 Å². The van der Waals surface area contributed by atoms with E-state index in [1.54, 1.807) is 35.0 Å². The largest absolute Gasteiger partial charge is 0.324 e. The summed E-state index contributed by atoms with van der Waals surface area (Å²) in [4.78, 5) is 13.1. The topological polar surface area (TPSA) is 71.8 Å². The molecule has 0 fully saturated rings. The minimum Gasteiger partial charge on any atom is -0.324 e. The predicted molar refractivity (Wildman–Crippen MR) is 111 cm³/mol. The molecule has 6 nitrogen and oxygen atoms in total. The van der Waals surface area contributed by atoms with Crippen molar-refractivity contribution in [3.63, 3.8) is 0 Å². The van der Waals surface area contributed by atoms with Gasteiger partial charge in [0, 0.05) is 4.47 Å². The van der Waals surface area contributed by atoms with Gasteiger partial charge in [-0.2, -0.15) is 0 Å². The Labute approximate surface area is 178 Å². The standard InChI is InChI=1S/C18H14BrClFN5OS/c1-9-23-24-18-26(9)25-15(10-2-5-12(21)6-3-10)16(28-18)17(27)22-14-7-4-11(19)8-13(14)20/h2-8,15-16,25H,1H3,(H,22,27). The lowest BCUT2D eigenvalue weighted by atomic mass is 10.0. The molecule has 2 aromatic carbocycles. The van der Waals surface area contributed by atoms with E-state index in [9.17, 15) is 9.18 Å². The highest BCUT2D eigenvalue weighted by molar-refractivity contribution is 9.10. The summed E-state index contributed by atoms with van der Waals surface area (Å²) in [6, 6.07) is 10.9. The molecule has 1 aliphatic rings. The molecule has 10 heteroatoms. The Balaban J connectivity index is 1.67.